The summed E-state index contributed by atoms with van der Waals surface area (Å²) in [6, 6.07) is 40.5. The predicted molar refractivity (Wildman–Crippen MR) is 190 cm³/mol. The Bertz CT molecular complexity index is 1840. The van der Waals surface area contributed by atoms with Crippen LogP contribution in [0.3, 0.4) is 0 Å². The normalized spacial score (nSPS) is 16.2. The Morgan fingerprint density at radius 2 is 1.14 bits per heavy atom. The summed E-state index contributed by atoms with van der Waals surface area (Å²) in [6.45, 7) is 14.4. The molecule has 0 saturated carbocycles. The molecule has 0 aliphatic carbocycles. The quantitative estimate of drug-likeness (QED) is 0.184. The molecule has 0 atom stereocenters. The lowest BCUT2D eigenvalue weighted by molar-refractivity contribution is 0.529. The lowest BCUT2D eigenvalue weighted by Gasteiger charge is -2.42. The van der Waals surface area contributed by atoms with Crippen LogP contribution >= 0.6 is 23.5 Å². The zero-order valence-corrected chi connectivity index (χ0v) is 27.9. The summed E-state index contributed by atoms with van der Waals surface area (Å²) in [4.78, 5) is 8.22. The Labute approximate surface area is 271 Å². The Morgan fingerprint density at radius 1 is 0.614 bits per heavy atom. The van der Waals surface area contributed by atoms with E-state index in [1.54, 1.807) is 0 Å². The van der Waals surface area contributed by atoms with Gasteiger partial charge in [-0.1, -0.05) is 141 Å². The van der Waals surface area contributed by atoms with Gasteiger partial charge in [0.1, 0.15) is 6.04 Å². The summed E-state index contributed by atoms with van der Waals surface area (Å²) >= 11 is 3.89. The van der Waals surface area contributed by atoms with Crippen LogP contribution in [0.15, 0.2) is 123 Å². The first kappa shape index (κ1) is 28.2. The van der Waals surface area contributed by atoms with Crippen LogP contribution in [0.4, 0.5) is 5.69 Å². The first-order valence-corrected chi connectivity index (χ1v) is 17.5. The topological polar surface area (TPSA) is 3.24 Å². The summed E-state index contributed by atoms with van der Waals surface area (Å²) in [5, 5.41) is 0. The third kappa shape index (κ3) is 4.10. The number of fused-ring (bicyclic) bond motifs is 5. The lowest BCUT2D eigenvalue weighted by atomic mass is 9.36. The van der Waals surface area contributed by atoms with Gasteiger partial charge in [-0.15, -0.1) is 0 Å². The predicted octanol–water partition coefficient (Wildman–Crippen LogP) is 9.06. The molecule has 0 amide bonds. The Morgan fingerprint density at radius 3 is 1.70 bits per heavy atom. The maximum atomic E-state index is 2.71. The minimum atomic E-state index is -0.213. The molecule has 0 unspecified atom stereocenters. The molecule has 3 aliphatic heterocycles. The van der Waals surface area contributed by atoms with Gasteiger partial charge in [-0.25, -0.2) is 0 Å². The van der Waals surface area contributed by atoms with E-state index >= 15 is 0 Å². The first-order valence-electron chi connectivity index (χ1n) is 15.9. The van der Waals surface area contributed by atoms with Gasteiger partial charge >= 0.3 is 0 Å². The van der Waals surface area contributed by atoms with Gasteiger partial charge < -0.3 is 4.90 Å². The second kappa shape index (κ2) is 10.4. The van der Waals surface area contributed by atoms with Gasteiger partial charge in [-0.05, 0) is 83.2 Å². The van der Waals surface area contributed by atoms with Gasteiger partial charge in [-0.2, -0.15) is 0 Å². The summed E-state index contributed by atoms with van der Waals surface area (Å²) in [5.41, 5.74) is 12.4. The van der Waals surface area contributed by atoms with Gasteiger partial charge in [0.05, 0.1) is 5.54 Å². The Balaban J connectivity index is 1.40. The van der Waals surface area contributed by atoms with Crippen molar-refractivity contribution in [1.82, 2.24) is 0 Å². The third-order valence-electron chi connectivity index (χ3n) is 9.76. The maximum absolute atomic E-state index is 2.71. The van der Waals surface area contributed by atoms with Crippen molar-refractivity contribution in [1.29, 1.82) is 0 Å². The molecule has 4 heteroatoms. The molecule has 44 heavy (non-hydrogen) atoms. The monoisotopic (exact) mass is 606 g/mol. The molecule has 8 rings (SSSR count). The molecule has 3 aliphatic rings. The molecule has 0 aromatic heterocycles. The molecule has 1 radical (unpaired) electrons. The van der Waals surface area contributed by atoms with E-state index in [4.69, 9.17) is 0 Å². The highest BCUT2D eigenvalue weighted by Gasteiger charge is 2.48. The van der Waals surface area contributed by atoms with Crippen molar-refractivity contribution < 1.29 is 0 Å². The minimum Gasteiger partial charge on any atom is -0.345 e. The highest BCUT2D eigenvalue weighted by Crippen LogP contribution is 2.54. The van der Waals surface area contributed by atoms with E-state index in [-0.39, 0.29) is 12.3 Å². The molecule has 1 nitrogen and oxygen atoms in total. The molecule has 0 bridgehead atoms. The molecule has 3 heterocycles. The van der Waals surface area contributed by atoms with Crippen LogP contribution in [-0.2, 0) is 5.54 Å². The van der Waals surface area contributed by atoms with Crippen LogP contribution in [-0.4, -0.2) is 6.71 Å². The average molecular weight is 607 g/mol. The average Bonchev–Trinajstić information content (AvgIpc) is 3.26. The second-order valence-electron chi connectivity index (χ2n) is 13.5. The van der Waals surface area contributed by atoms with Crippen molar-refractivity contribution in [3.8, 4) is 0 Å². The molecule has 5 aromatic carbocycles. The maximum Gasteiger partial charge on any atom is 0.247 e. The highest BCUT2D eigenvalue weighted by molar-refractivity contribution is 8.01. The molecule has 0 spiro atoms. The first-order chi connectivity index (χ1) is 21.3. The molecular weight excluding hydrogens is 569 g/mol. The molecule has 0 N–H and O–H groups in total. The van der Waals surface area contributed by atoms with Crippen molar-refractivity contribution in [3.63, 3.8) is 0 Å². The summed E-state index contributed by atoms with van der Waals surface area (Å²) < 4.78 is 0. The minimum absolute atomic E-state index is 0.213. The standard InChI is InChI=1S/C40H37BNS2/c1-24(2)27-15-13-16-28(25(3)4)39(27)42-38(29-14-7-8-17-30(29)40(42,5)6)26-22-35-37-36(23-26)44-34-21-12-10-19-32(34)41(37)31-18-9-11-20-33(31)43-35/h7-25H,1-6H3. The molecule has 217 valence electrons. The molecule has 0 saturated heterocycles. The van der Waals surface area contributed by atoms with Crippen LogP contribution in [0.2, 0.25) is 0 Å². The van der Waals surface area contributed by atoms with Crippen molar-refractivity contribution in [2.45, 2.75) is 78.5 Å². The number of nitrogens with zero attached hydrogens (tertiary/aromatic N) is 1. The van der Waals surface area contributed by atoms with Crippen molar-refractivity contribution in [2.24, 2.45) is 0 Å². The van der Waals surface area contributed by atoms with E-state index < -0.39 is 0 Å². The zero-order chi connectivity index (χ0) is 30.3. The van der Waals surface area contributed by atoms with Crippen LogP contribution < -0.4 is 21.3 Å². The Kier molecular flexibility index (Phi) is 6.63. The fourth-order valence-electron chi connectivity index (χ4n) is 7.72. The van der Waals surface area contributed by atoms with Crippen LogP contribution in [0.5, 0.6) is 0 Å². The molecule has 5 aromatic rings. The van der Waals surface area contributed by atoms with Crippen LogP contribution in [0.25, 0.3) is 0 Å². The van der Waals surface area contributed by atoms with Crippen LogP contribution in [0.1, 0.15) is 81.2 Å². The SMILES string of the molecule is CC(C)c1cccc(C(C)C)c1N1[C](c2cc3c4c(c2)Sc2ccccc2B4c2ccccc2S3)c2ccccc2C1(C)C. The molecular formula is C40H37BNS2. The molecule has 0 fully saturated rings. The van der Waals surface area contributed by atoms with E-state index in [1.807, 2.05) is 23.5 Å². The number of rotatable bonds is 4. The van der Waals surface area contributed by atoms with Gasteiger partial charge in [0.15, 0.2) is 0 Å². The number of benzene rings is 5. The zero-order valence-electron chi connectivity index (χ0n) is 26.3. The summed E-state index contributed by atoms with van der Waals surface area (Å²) in [7, 11) is 0. The summed E-state index contributed by atoms with van der Waals surface area (Å²) in [6.07, 6.45) is 0. The number of para-hydroxylation sites is 1. The lowest BCUT2D eigenvalue weighted by Crippen LogP contribution is -2.58. The van der Waals surface area contributed by atoms with Gasteiger partial charge in [-0.3, -0.25) is 0 Å². The van der Waals surface area contributed by atoms with Gasteiger partial charge in [0.25, 0.3) is 0 Å². The van der Waals surface area contributed by atoms with E-state index in [0.717, 1.165) is 0 Å². The van der Waals surface area contributed by atoms with E-state index in [9.17, 15) is 0 Å². The largest absolute Gasteiger partial charge is 0.345 e. The Hall–Kier alpha value is -3.34. The second-order valence-corrected chi connectivity index (χ2v) is 15.6. The van der Waals surface area contributed by atoms with Crippen molar-refractivity contribution >= 4 is 52.3 Å². The highest BCUT2D eigenvalue weighted by atomic mass is 32.2. The summed E-state index contributed by atoms with van der Waals surface area (Å²) in [5.74, 6) is 0.822. The number of hydrogen-bond donors (Lipinski definition) is 0. The van der Waals surface area contributed by atoms with Gasteiger partial charge in [0, 0.05) is 25.3 Å². The van der Waals surface area contributed by atoms with E-state index in [2.05, 4.69) is 150 Å². The van der Waals surface area contributed by atoms with Crippen LogP contribution in [0, 0.1) is 6.04 Å². The fraction of sp³-hybridized carbons (Fsp3) is 0.225. The number of hydrogen-bond acceptors (Lipinski definition) is 3. The van der Waals surface area contributed by atoms with E-state index in [0.29, 0.717) is 11.8 Å². The van der Waals surface area contributed by atoms with Crippen molar-refractivity contribution in [3.05, 3.63) is 137 Å². The third-order valence-corrected chi connectivity index (χ3v) is 12.1. The fourth-order valence-corrected chi connectivity index (χ4v) is 10.2. The number of anilines is 1. The van der Waals surface area contributed by atoms with E-state index in [1.165, 1.54) is 75.5 Å². The van der Waals surface area contributed by atoms with Crippen molar-refractivity contribution in [2.75, 3.05) is 4.90 Å². The smallest absolute Gasteiger partial charge is 0.247 e. The van der Waals surface area contributed by atoms with Gasteiger partial charge in [0.2, 0.25) is 6.71 Å².